The Bertz CT molecular complexity index is 611. The average molecular weight is 318 g/mol. The second kappa shape index (κ2) is 7.86. The smallest absolute Gasteiger partial charge is 0.267 e. The third kappa shape index (κ3) is 4.25. The molecule has 0 atom stereocenters. The zero-order valence-corrected chi connectivity index (χ0v) is 13.5. The second-order valence-electron chi connectivity index (χ2n) is 5.47. The van der Waals surface area contributed by atoms with Gasteiger partial charge in [0, 0.05) is 30.0 Å². The number of nitrogens with one attached hydrogen (secondary N) is 1. The molecule has 1 heterocycles. The normalized spacial score (nSPS) is 15.9. The Morgan fingerprint density at radius 3 is 2.64 bits per heavy atom. The van der Waals surface area contributed by atoms with E-state index in [4.69, 9.17) is 11.6 Å². The summed E-state index contributed by atoms with van der Waals surface area (Å²) in [5, 5.41) is 12.6. The number of amides is 1. The molecule has 1 saturated heterocycles. The number of hydrogen-bond acceptors (Lipinski definition) is 3. The number of nitrogens with zero attached hydrogens (tertiary/aromatic N) is 2. The summed E-state index contributed by atoms with van der Waals surface area (Å²) in [6.07, 6.45) is 6.30. The number of hydrogen-bond donors (Lipinski definition) is 1. The number of carbonyl (C=O) groups is 1. The molecule has 0 unspecified atom stereocenters. The van der Waals surface area contributed by atoms with Gasteiger partial charge in [-0.2, -0.15) is 5.26 Å². The summed E-state index contributed by atoms with van der Waals surface area (Å²) in [5.41, 5.74) is 1.56. The molecule has 0 aliphatic carbocycles. The number of benzene rings is 1. The summed E-state index contributed by atoms with van der Waals surface area (Å²) >= 11 is 6.05. The molecule has 1 aromatic carbocycles. The van der Waals surface area contributed by atoms with Crippen molar-refractivity contribution < 1.29 is 4.79 Å². The maximum atomic E-state index is 12.3. The van der Waals surface area contributed by atoms with Crippen LogP contribution < -0.4 is 5.32 Å². The number of anilines is 1. The number of halogens is 1. The molecule has 1 fully saturated rings. The first kappa shape index (κ1) is 16.4. The molecule has 2 rings (SSSR count). The maximum absolute atomic E-state index is 12.3. The van der Waals surface area contributed by atoms with Gasteiger partial charge in [0.05, 0.1) is 0 Å². The summed E-state index contributed by atoms with van der Waals surface area (Å²) in [6.45, 7) is 3.63. The molecule has 5 heteroatoms. The minimum absolute atomic E-state index is 0.126. The van der Waals surface area contributed by atoms with E-state index in [1.54, 1.807) is 24.4 Å². The maximum Gasteiger partial charge on any atom is 0.267 e. The van der Waals surface area contributed by atoms with E-state index in [9.17, 15) is 10.1 Å². The van der Waals surface area contributed by atoms with Crippen molar-refractivity contribution in [3.05, 3.63) is 40.6 Å². The highest BCUT2D eigenvalue weighted by Crippen LogP contribution is 2.23. The molecule has 0 bridgehead atoms. The minimum atomic E-state index is -0.392. The van der Waals surface area contributed by atoms with Crippen LogP contribution in [0.25, 0.3) is 0 Å². The van der Waals surface area contributed by atoms with E-state index in [-0.39, 0.29) is 5.57 Å². The molecule has 1 aliphatic heterocycles. The van der Waals surface area contributed by atoms with Crippen LogP contribution in [0.5, 0.6) is 0 Å². The topological polar surface area (TPSA) is 56.1 Å². The molecule has 1 aliphatic rings. The van der Waals surface area contributed by atoms with Crippen molar-refractivity contribution in [2.24, 2.45) is 0 Å². The Balaban J connectivity index is 2.11. The van der Waals surface area contributed by atoms with Gasteiger partial charge in [0.15, 0.2) is 0 Å². The summed E-state index contributed by atoms with van der Waals surface area (Å²) < 4.78 is 0. The van der Waals surface area contributed by atoms with Crippen molar-refractivity contribution in [2.75, 3.05) is 18.4 Å². The molecular weight excluding hydrogens is 298 g/mol. The number of likely N-dealkylation sites (tertiary alicyclic amines) is 1. The lowest BCUT2D eigenvalue weighted by Crippen LogP contribution is -2.22. The highest BCUT2D eigenvalue weighted by molar-refractivity contribution is 6.31. The highest BCUT2D eigenvalue weighted by atomic mass is 35.5. The monoisotopic (exact) mass is 317 g/mol. The first-order valence-corrected chi connectivity index (χ1v) is 7.92. The van der Waals surface area contributed by atoms with E-state index < -0.39 is 5.91 Å². The van der Waals surface area contributed by atoms with E-state index in [1.165, 1.54) is 12.8 Å². The SMILES string of the molecule is Cc1c(Cl)cccc1NC(=O)/C(C#N)=C\N1CCCCCC1. The molecule has 1 aromatic rings. The first-order chi connectivity index (χ1) is 10.6. The zero-order valence-electron chi connectivity index (χ0n) is 12.7. The van der Waals surface area contributed by atoms with Crippen LogP contribution in [0, 0.1) is 18.3 Å². The van der Waals surface area contributed by atoms with Crippen LogP contribution in [0.15, 0.2) is 30.0 Å². The molecule has 116 valence electrons. The van der Waals surface area contributed by atoms with Crippen LogP contribution >= 0.6 is 11.6 Å². The van der Waals surface area contributed by atoms with E-state index in [2.05, 4.69) is 10.2 Å². The van der Waals surface area contributed by atoms with Gasteiger partial charge in [-0.25, -0.2) is 0 Å². The molecule has 0 radical (unpaired) electrons. The van der Waals surface area contributed by atoms with Crippen molar-refractivity contribution in [1.29, 1.82) is 5.26 Å². The van der Waals surface area contributed by atoms with Crippen molar-refractivity contribution in [3.63, 3.8) is 0 Å². The van der Waals surface area contributed by atoms with Crippen LogP contribution in [-0.2, 0) is 4.79 Å². The van der Waals surface area contributed by atoms with Gasteiger partial charge in [0.2, 0.25) is 0 Å². The molecule has 4 nitrogen and oxygen atoms in total. The van der Waals surface area contributed by atoms with Gasteiger partial charge in [-0.3, -0.25) is 4.79 Å². The van der Waals surface area contributed by atoms with E-state index in [0.717, 1.165) is 31.5 Å². The fourth-order valence-electron chi connectivity index (χ4n) is 2.48. The van der Waals surface area contributed by atoms with E-state index >= 15 is 0 Å². The lowest BCUT2D eigenvalue weighted by Gasteiger charge is -2.18. The van der Waals surface area contributed by atoms with E-state index in [0.29, 0.717) is 10.7 Å². The molecule has 0 aromatic heterocycles. The van der Waals surface area contributed by atoms with Gasteiger partial charge in [-0.05, 0) is 37.5 Å². The molecule has 0 spiro atoms. The largest absolute Gasteiger partial charge is 0.376 e. The number of carbonyl (C=O) groups excluding carboxylic acids is 1. The van der Waals surface area contributed by atoms with Crippen molar-refractivity contribution in [1.82, 2.24) is 4.90 Å². The zero-order chi connectivity index (χ0) is 15.9. The lowest BCUT2D eigenvalue weighted by molar-refractivity contribution is -0.112. The Morgan fingerprint density at radius 1 is 1.32 bits per heavy atom. The lowest BCUT2D eigenvalue weighted by atomic mass is 10.2. The van der Waals surface area contributed by atoms with Crippen LogP contribution in [0.2, 0.25) is 5.02 Å². The van der Waals surface area contributed by atoms with Crippen LogP contribution in [0.3, 0.4) is 0 Å². The third-order valence-corrected chi connectivity index (χ3v) is 4.24. The predicted octanol–water partition coefficient (Wildman–Crippen LogP) is 3.87. The van der Waals surface area contributed by atoms with Gasteiger partial charge < -0.3 is 10.2 Å². The molecule has 1 amide bonds. The summed E-state index contributed by atoms with van der Waals surface area (Å²) in [7, 11) is 0. The fourth-order valence-corrected chi connectivity index (χ4v) is 2.65. The van der Waals surface area contributed by atoms with E-state index in [1.807, 2.05) is 13.0 Å². The van der Waals surface area contributed by atoms with Crippen LogP contribution in [-0.4, -0.2) is 23.9 Å². The van der Waals surface area contributed by atoms with Crippen LogP contribution in [0.4, 0.5) is 5.69 Å². The quantitative estimate of drug-likeness (QED) is 0.680. The van der Waals surface area contributed by atoms with Gasteiger partial charge in [-0.15, -0.1) is 0 Å². The van der Waals surface area contributed by atoms with Gasteiger partial charge in [0.25, 0.3) is 5.91 Å². The molecule has 22 heavy (non-hydrogen) atoms. The summed E-state index contributed by atoms with van der Waals surface area (Å²) in [6, 6.07) is 7.32. The Morgan fingerprint density at radius 2 is 2.00 bits per heavy atom. The Hall–Kier alpha value is -1.99. The third-order valence-electron chi connectivity index (χ3n) is 3.83. The van der Waals surface area contributed by atoms with Crippen molar-refractivity contribution in [3.8, 4) is 6.07 Å². The fraction of sp³-hybridized carbons (Fsp3) is 0.412. The number of rotatable bonds is 3. The second-order valence-corrected chi connectivity index (χ2v) is 5.88. The average Bonchev–Trinajstić information content (AvgIpc) is 2.78. The summed E-state index contributed by atoms with van der Waals surface area (Å²) in [4.78, 5) is 14.4. The standard InChI is InChI=1S/C17H20ClN3O/c1-13-15(18)7-6-8-16(13)20-17(22)14(11-19)12-21-9-4-2-3-5-10-21/h6-8,12H,2-5,9-10H2,1H3,(H,20,22)/b14-12-. The Labute approximate surface area is 136 Å². The highest BCUT2D eigenvalue weighted by Gasteiger charge is 2.14. The molecule has 0 saturated carbocycles. The Kier molecular flexibility index (Phi) is 5.85. The minimum Gasteiger partial charge on any atom is -0.376 e. The van der Waals surface area contributed by atoms with Crippen molar-refractivity contribution in [2.45, 2.75) is 32.6 Å². The molecular formula is C17H20ClN3O. The van der Waals surface area contributed by atoms with Gasteiger partial charge in [-0.1, -0.05) is 30.5 Å². The first-order valence-electron chi connectivity index (χ1n) is 7.54. The van der Waals surface area contributed by atoms with Gasteiger partial charge in [0.1, 0.15) is 11.6 Å². The number of nitriles is 1. The van der Waals surface area contributed by atoms with Crippen molar-refractivity contribution >= 4 is 23.2 Å². The molecule has 1 N–H and O–H groups in total. The van der Waals surface area contributed by atoms with Gasteiger partial charge >= 0.3 is 0 Å². The van der Waals surface area contributed by atoms with Crippen LogP contribution in [0.1, 0.15) is 31.2 Å². The predicted molar refractivity (Wildman–Crippen MR) is 88.6 cm³/mol. The summed E-state index contributed by atoms with van der Waals surface area (Å²) in [5.74, 6) is -0.392.